The summed E-state index contributed by atoms with van der Waals surface area (Å²) < 4.78 is 1.26. The first kappa shape index (κ1) is 11.6. The van der Waals surface area contributed by atoms with Gasteiger partial charge in [-0.3, -0.25) is 0 Å². The third-order valence-corrected chi connectivity index (χ3v) is 6.24. The Hall–Kier alpha value is -0.250. The maximum absolute atomic E-state index is 10.3. The minimum absolute atomic E-state index is 0.319. The predicted octanol–water partition coefficient (Wildman–Crippen LogP) is 4.46. The van der Waals surface area contributed by atoms with Crippen LogP contribution in [-0.2, 0) is 5.41 Å². The van der Waals surface area contributed by atoms with Gasteiger partial charge in [0.2, 0.25) is 0 Å². The third-order valence-electron chi connectivity index (χ3n) is 5.57. The van der Waals surface area contributed by atoms with Crippen molar-refractivity contribution < 1.29 is 5.11 Å². The van der Waals surface area contributed by atoms with Gasteiger partial charge >= 0.3 is 0 Å². The fourth-order valence-corrected chi connectivity index (χ4v) is 5.86. The fraction of sp³-hybridized carbons (Fsp3) is 0.625. The lowest BCUT2D eigenvalue weighted by Gasteiger charge is -2.57. The topological polar surface area (TPSA) is 20.2 Å². The first-order valence-corrected chi connectivity index (χ1v) is 8.21. The molecule has 96 valence electrons. The van der Waals surface area contributed by atoms with Crippen LogP contribution < -0.4 is 0 Å². The normalized spacial score (nSPS) is 41.3. The Morgan fingerprint density at radius 3 is 2.11 bits per heavy atom. The molecule has 0 heterocycles. The van der Waals surface area contributed by atoms with Gasteiger partial charge in [0.25, 0.3) is 0 Å². The molecule has 4 fully saturated rings. The quantitative estimate of drug-likeness (QED) is 0.738. The van der Waals surface area contributed by atoms with Crippen molar-refractivity contribution in [1.82, 2.24) is 0 Å². The van der Waals surface area contributed by atoms with Gasteiger partial charge in [0, 0.05) is 9.13 Å². The first-order chi connectivity index (χ1) is 8.64. The SMILES string of the molecule is Oc1ccc(I)cc1C12CC3CC(CC(C3)C1)C2. The van der Waals surface area contributed by atoms with Crippen LogP contribution in [-0.4, -0.2) is 5.11 Å². The molecule has 1 aromatic carbocycles. The molecule has 2 heteroatoms. The maximum atomic E-state index is 10.3. The summed E-state index contributed by atoms with van der Waals surface area (Å²) in [7, 11) is 0. The Morgan fingerprint density at radius 1 is 1.00 bits per heavy atom. The van der Waals surface area contributed by atoms with E-state index in [2.05, 4.69) is 28.7 Å². The van der Waals surface area contributed by atoms with E-state index in [-0.39, 0.29) is 0 Å². The molecule has 4 bridgehead atoms. The molecule has 0 atom stereocenters. The summed E-state index contributed by atoms with van der Waals surface area (Å²) in [5.74, 6) is 3.35. The summed E-state index contributed by atoms with van der Waals surface area (Å²) in [6, 6.07) is 6.15. The molecule has 0 amide bonds. The van der Waals surface area contributed by atoms with E-state index in [0.717, 1.165) is 17.8 Å². The highest BCUT2D eigenvalue weighted by atomic mass is 127. The molecular weight excluding hydrogens is 335 g/mol. The fourth-order valence-electron chi connectivity index (χ4n) is 5.37. The minimum atomic E-state index is 0.319. The third kappa shape index (κ3) is 1.64. The number of halogens is 1. The van der Waals surface area contributed by atoms with E-state index in [0.29, 0.717) is 11.2 Å². The van der Waals surface area contributed by atoms with E-state index in [1.165, 1.54) is 47.7 Å². The molecule has 4 aliphatic carbocycles. The van der Waals surface area contributed by atoms with Crippen LogP contribution in [0, 0.1) is 21.3 Å². The summed E-state index contributed by atoms with van der Waals surface area (Å²) in [6.07, 6.45) is 8.36. The molecule has 0 radical (unpaired) electrons. The average molecular weight is 354 g/mol. The molecule has 0 aromatic heterocycles. The zero-order chi connectivity index (χ0) is 12.3. The van der Waals surface area contributed by atoms with Crippen LogP contribution in [0.25, 0.3) is 0 Å². The smallest absolute Gasteiger partial charge is 0.119 e. The maximum Gasteiger partial charge on any atom is 0.119 e. The van der Waals surface area contributed by atoms with Gasteiger partial charge < -0.3 is 5.11 Å². The predicted molar refractivity (Wildman–Crippen MR) is 80.7 cm³/mol. The van der Waals surface area contributed by atoms with Crippen LogP contribution in [0.4, 0.5) is 0 Å². The van der Waals surface area contributed by atoms with Crippen molar-refractivity contribution in [3.05, 3.63) is 27.3 Å². The molecule has 18 heavy (non-hydrogen) atoms. The molecule has 0 aliphatic heterocycles. The lowest BCUT2D eigenvalue weighted by atomic mass is 9.48. The van der Waals surface area contributed by atoms with Crippen LogP contribution in [0.5, 0.6) is 5.75 Å². The molecule has 1 N–H and O–H groups in total. The lowest BCUT2D eigenvalue weighted by Crippen LogP contribution is -2.48. The molecular formula is C16H19IO. The van der Waals surface area contributed by atoms with Crippen LogP contribution >= 0.6 is 22.6 Å². The van der Waals surface area contributed by atoms with Gasteiger partial charge in [-0.25, -0.2) is 0 Å². The minimum Gasteiger partial charge on any atom is -0.508 e. The summed E-state index contributed by atoms with van der Waals surface area (Å²) in [6.45, 7) is 0. The summed E-state index contributed by atoms with van der Waals surface area (Å²) in [4.78, 5) is 0. The molecule has 0 spiro atoms. The van der Waals surface area contributed by atoms with Crippen LogP contribution in [0.2, 0.25) is 0 Å². The van der Waals surface area contributed by atoms with E-state index in [9.17, 15) is 5.11 Å². The Kier molecular flexibility index (Phi) is 2.49. The van der Waals surface area contributed by atoms with Crippen molar-refractivity contribution in [2.24, 2.45) is 17.8 Å². The molecule has 0 unspecified atom stereocenters. The largest absolute Gasteiger partial charge is 0.508 e. The Bertz CT molecular complexity index is 459. The molecule has 4 aliphatic rings. The highest BCUT2D eigenvalue weighted by Gasteiger charge is 2.52. The standard InChI is InChI=1S/C16H19IO/c17-13-1-2-15(18)14(6-13)16-7-10-3-11(8-16)5-12(4-10)9-16/h1-2,6,10-12,18H,3-5,7-9H2. The van der Waals surface area contributed by atoms with Gasteiger partial charge in [0.1, 0.15) is 5.75 Å². The van der Waals surface area contributed by atoms with Crippen molar-refractivity contribution >= 4 is 22.6 Å². The van der Waals surface area contributed by atoms with E-state index in [4.69, 9.17) is 0 Å². The number of hydrogen-bond donors (Lipinski definition) is 1. The molecule has 5 rings (SSSR count). The number of phenolic OH excluding ortho intramolecular Hbond substituents is 1. The summed E-state index contributed by atoms with van der Waals surface area (Å²) in [5, 5.41) is 10.3. The number of hydrogen-bond acceptors (Lipinski definition) is 1. The molecule has 0 saturated heterocycles. The van der Waals surface area contributed by atoms with Gasteiger partial charge in [0.05, 0.1) is 0 Å². The monoisotopic (exact) mass is 354 g/mol. The molecule has 1 aromatic rings. The average Bonchev–Trinajstić information content (AvgIpc) is 2.30. The van der Waals surface area contributed by atoms with Crippen LogP contribution in [0.15, 0.2) is 18.2 Å². The zero-order valence-electron chi connectivity index (χ0n) is 10.5. The van der Waals surface area contributed by atoms with Crippen molar-refractivity contribution in [3.63, 3.8) is 0 Å². The molecule has 4 saturated carbocycles. The summed E-state index contributed by atoms with van der Waals surface area (Å²) in [5.41, 5.74) is 1.58. The van der Waals surface area contributed by atoms with Gasteiger partial charge in [-0.15, -0.1) is 0 Å². The Labute approximate surface area is 122 Å². The van der Waals surface area contributed by atoms with E-state index in [1.807, 2.05) is 12.1 Å². The van der Waals surface area contributed by atoms with Gasteiger partial charge in [-0.05, 0) is 102 Å². The van der Waals surface area contributed by atoms with E-state index >= 15 is 0 Å². The van der Waals surface area contributed by atoms with Crippen LogP contribution in [0.1, 0.15) is 44.1 Å². The number of phenols is 1. The summed E-state index contributed by atoms with van der Waals surface area (Å²) >= 11 is 2.37. The second-order valence-corrected chi connectivity index (χ2v) is 8.10. The van der Waals surface area contributed by atoms with Crippen LogP contribution in [0.3, 0.4) is 0 Å². The molecule has 1 nitrogen and oxygen atoms in total. The van der Waals surface area contributed by atoms with E-state index < -0.39 is 0 Å². The highest BCUT2D eigenvalue weighted by Crippen LogP contribution is 2.61. The zero-order valence-corrected chi connectivity index (χ0v) is 12.7. The second-order valence-electron chi connectivity index (χ2n) is 6.86. The van der Waals surface area contributed by atoms with Crippen molar-refractivity contribution in [2.45, 2.75) is 43.9 Å². The second kappa shape index (κ2) is 3.87. The van der Waals surface area contributed by atoms with Gasteiger partial charge in [-0.1, -0.05) is 0 Å². The van der Waals surface area contributed by atoms with Crippen molar-refractivity contribution in [2.75, 3.05) is 0 Å². The first-order valence-electron chi connectivity index (χ1n) is 7.14. The van der Waals surface area contributed by atoms with Gasteiger partial charge in [-0.2, -0.15) is 0 Å². The number of benzene rings is 1. The van der Waals surface area contributed by atoms with Gasteiger partial charge in [0.15, 0.2) is 0 Å². The van der Waals surface area contributed by atoms with E-state index in [1.54, 1.807) is 0 Å². The Morgan fingerprint density at radius 2 is 1.56 bits per heavy atom. The van der Waals surface area contributed by atoms with Crippen molar-refractivity contribution in [1.29, 1.82) is 0 Å². The lowest BCUT2D eigenvalue weighted by molar-refractivity contribution is -0.00616. The number of aromatic hydroxyl groups is 1. The highest BCUT2D eigenvalue weighted by molar-refractivity contribution is 14.1. The Balaban J connectivity index is 1.81. The number of rotatable bonds is 1. The van der Waals surface area contributed by atoms with Crippen molar-refractivity contribution in [3.8, 4) is 5.75 Å².